The van der Waals surface area contributed by atoms with E-state index < -0.39 is 5.82 Å². The summed E-state index contributed by atoms with van der Waals surface area (Å²) in [5, 5.41) is 0.583. The Kier molecular flexibility index (Phi) is 4.61. The van der Waals surface area contributed by atoms with Gasteiger partial charge >= 0.3 is 0 Å². The molecule has 0 aliphatic heterocycles. The molecule has 2 aromatic carbocycles. The van der Waals surface area contributed by atoms with E-state index in [1.807, 2.05) is 0 Å². The summed E-state index contributed by atoms with van der Waals surface area (Å²) in [6, 6.07) is 9.27. The summed E-state index contributed by atoms with van der Waals surface area (Å²) in [5.74, 6) is -0.636. The number of ketones is 1. The van der Waals surface area contributed by atoms with Crippen LogP contribution in [0.25, 0.3) is 0 Å². The fourth-order valence-electron chi connectivity index (χ4n) is 1.61. The highest BCUT2D eigenvalue weighted by molar-refractivity contribution is 9.10. The molecular weight excluding hydrogens is 354 g/mol. The highest BCUT2D eigenvalue weighted by Crippen LogP contribution is 2.24. The predicted octanol–water partition coefficient (Wildman–Crippen LogP) is 5.32. The molecule has 0 saturated heterocycles. The minimum Gasteiger partial charge on any atom is -0.294 e. The van der Waals surface area contributed by atoms with Crippen LogP contribution in [0.3, 0.4) is 0 Å². The number of carbonyl (C=O) groups excluding carboxylic acids is 1. The standard InChI is InChI=1S/C14H8BrCl2FO/c15-10-7-9(2-4-11(10)16)14(19)6-8-1-3-12(17)13(18)5-8/h1-5,7H,6H2. The number of Topliss-reactive ketones (excluding diaryl/α,β-unsaturated/α-hetero) is 1. The molecule has 0 spiro atoms. The minimum atomic E-state index is -0.524. The van der Waals surface area contributed by atoms with Gasteiger partial charge in [0.05, 0.1) is 10.0 Å². The topological polar surface area (TPSA) is 17.1 Å². The minimum absolute atomic E-state index is 0.0467. The number of halogens is 4. The van der Waals surface area contributed by atoms with Crippen LogP contribution in [-0.2, 0) is 6.42 Å². The average molecular weight is 362 g/mol. The van der Waals surface area contributed by atoms with Crippen LogP contribution in [0.1, 0.15) is 15.9 Å². The molecule has 2 rings (SSSR count). The van der Waals surface area contributed by atoms with Gasteiger partial charge in [0, 0.05) is 16.5 Å². The quantitative estimate of drug-likeness (QED) is 0.676. The number of rotatable bonds is 3. The molecule has 5 heteroatoms. The van der Waals surface area contributed by atoms with E-state index in [1.165, 1.54) is 12.1 Å². The molecule has 0 aliphatic carbocycles. The van der Waals surface area contributed by atoms with Crippen LogP contribution in [-0.4, -0.2) is 5.78 Å². The van der Waals surface area contributed by atoms with Gasteiger partial charge in [-0.1, -0.05) is 29.3 Å². The third kappa shape index (κ3) is 3.56. The van der Waals surface area contributed by atoms with Crippen molar-refractivity contribution in [3.05, 3.63) is 67.9 Å². The van der Waals surface area contributed by atoms with E-state index in [4.69, 9.17) is 23.2 Å². The number of hydrogen-bond donors (Lipinski definition) is 0. The first-order chi connectivity index (χ1) is 8.97. The van der Waals surface area contributed by atoms with Crippen LogP contribution in [0, 0.1) is 5.82 Å². The number of carbonyl (C=O) groups is 1. The van der Waals surface area contributed by atoms with Crippen molar-refractivity contribution >= 4 is 44.9 Å². The largest absolute Gasteiger partial charge is 0.294 e. The summed E-state index contributed by atoms with van der Waals surface area (Å²) >= 11 is 14.7. The summed E-state index contributed by atoms with van der Waals surface area (Å²) in [6.45, 7) is 0. The van der Waals surface area contributed by atoms with Gasteiger partial charge in [0.1, 0.15) is 5.82 Å². The Morgan fingerprint density at radius 1 is 1.11 bits per heavy atom. The fraction of sp³-hybridized carbons (Fsp3) is 0.0714. The van der Waals surface area contributed by atoms with Gasteiger partial charge in [0.15, 0.2) is 5.78 Å². The molecule has 0 radical (unpaired) electrons. The van der Waals surface area contributed by atoms with E-state index in [1.54, 1.807) is 24.3 Å². The lowest BCUT2D eigenvalue weighted by molar-refractivity contribution is 0.0993. The molecule has 0 amide bonds. The molecule has 0 aliphatic rings. The molecule has 0 heterocycles. The zero-order valence-corrected chi connectivity index (χ0v) is 12.7. The van der Waals surface area contributed by atoms with Gasteiger partial charge in [-0.15, -0.1) is 0 Å². The smallest absolute Gasteiger partial charge is 0.167 e. The Labute approximate surface area is 128 Å². The first kappa shape index (κ1) is 14.5. The molecule has 1 nitrogen and oxygen atoms in total. The van der Waals surface area contributed by atoms with Crippen LogP contribution < -0.4 is 0 Å². The third-order valence-electron chi connectivity index (χ3n) is 2.59. The average Bonchev–Trinajstić information content (AvgIpc) is 2.37. The van der Waals surface area contributed by atoms with Gasteiger partial charge in [-0.2, -0.15) is 0 Å². The van der Waals surface area contributed by atoms with Crippen molar-refractivity contribution in [3.63, 3.8) is 0 Å². The number of benzene rings is 2. The van der Waals surface area contributed by atoms with Gasteiger partial charge in [0.2, 0.25) is 0 Å². The van der Waals surface area contributed by atoms with Crippen molar-refractivity contribution < 1.29 is 9.18 Å². The monoisotopic (exact) mass is 360 g/mol. The molecule has 0 saturated carbocycles. The SMILES string of the molecule is O=C(Cc1ccc(Cl)c(F)c1)c1ccc(Cl)c(Br)c1. The summed E-state index contributed by atoms with van der Waals surface area (Å²) < 4.78 is 13.9. The van der Waals surface area contributed by atoms with Crippen LogP contribution in [0.2, 0.25) is 10.0 Å². The van der Waals surface area contributed by atoms with E-state index in [9.17, 15) is 9.18 Å². The lowest BCUT2D eigenvalue weighted by Gasteiger charge is -2.04. The van der Waals surface area contributed by atoms with Crippen molar-refractivity contribution in [3.8, 4) is 0 Å². The molecule has 0 unspecified atom stereocenters. The zero-order valence-electron chi connectivity index (χ0n) is 9.59. The predicted molar refractivity (Wildman–Crippen MR) is 78.6 cm³/mol. The maximum absolute atomic E-state index is 13.3. The van der Waals surface area contributed by atoms with E-state index >= 15 is 0 Å². The molecule has 0 N–H and O–H groups in total. The Balaban J connectivity index is 2.20. The van der Waals surface area contributed by atoms with Crippen LogP contribution in [0.15, 0.2) is 40.9 Å². The maximum Gasteiger partial charge on any atom is 0.167 e. The molecule has 0 fully saturated rings. The first-order valence-electron chi connectivity index (χ1n) is 5.39. The van der Waals surface area contributed by atoms with Crippen molar-refractivity contribution in [1.82, 2.24) is 0 Å². The van der Waals surface area contributed by atoms with E-state index in [-0.39, 0.29) is 17.2 Å². The lowest BCUT2D eigenvalue weighted by atomic mass is 10.0. The Morgan fingerprint density at radius 3 is 2.42 bits per heavy atom. The fourth-order valence-corrected chi connectivity index (χ4v) is 2.22. The Hall–Kier alpha value is -0.900. The third-order valence-corrected chi connectivity index (χ3v) is 4.11. The van der Waals surface area contributed by atoms with Crippen LogP contribution in [0.5, 0.6) is 0 Å². The molecule has 0 atom stereocenters. The van der Waals surface area contributed by atoms with E-state index in [0.717, 1.165) is 0 Å². The number of hydrogen-bond acceptors (Lipinski definition) is 1. The van der Waals surface area contributed by atoms with Crippen molar-refractivity contribution in [2.45, 2.75) is 6.42 Å². The summed E-state index contributed by atoms with van der Waals surface area (Å²) in [4.78, 5) is 12.1. The summed E-state index contributed by atoms with van der Waals surface area (Å²) in [7, 11) is 0. The van der Waals surface area contributed by atoms with Gasteiger partial charge < -0.3 is 0 Å². The molecule has 0 bridgehead atoms. The van der Waals surface area contributed by atoms with Crippen molar-refractivity contribution in [2.75, 3.05) is 0 Å². The maximum atomic E-state index is 13.3. The van der Waals surface area contributed by atoms with Crippen molar-refractivity contribution in [2.24, 2.45) is 0 Å². The second-order valence-electron chi connectivity index (χ2n) is 3.98. The van der Waals surface area contributed by atoms with Crippen molar-refractivity contribution in [1.29, 1.82) is 0 Å². The van der Waals surface area contributed by atoms with Gasteiger partial charge in [-0.3, -0.25) is 4.79 Å². The second-order valence-corrected chi connectivity index (χ2v) is 5.65. The Morgan fingerprint density at radius 2 is 1.79 bits per heavy atom. The first-order valence-corrected chi connectivity index (χ1v) is 6.94. The Bertz CT molecular complexity index is 643. The van der Waals surface area contributed by atoms with Crippen LogP contribution >= 0.6 is 39.1 Å². The van der Waals surface area contributed by atoms with Gasteiger partial charge in [-0.05, 0) is 51.8 Å². The van der Waals surface area contributed by atoms with E-state index in [2.05, 4.69) is 15.9 Å². The normalized spacial score (nSPS) is 10.5. The molecular formula is C14H8BrCl2FO. The van der Waals surface area contributed by atoms with Crippen LogP contribution in [0.4, 0.5) is 4.39 Å². The molecule has 98 valence electrons. The van der Waals surface area contributed by atoms with Gasteiger partial charge in [-0.25, -0.2) is 4.39 Å². The summed E-state index contributed by atoms with van der Waals surface area (Å²) in [5.41, 5.74) is 1.10. The highest BCUT2D eigenvalue weighted by atomic mass is 79.9. The zero-order chi connectivity index (χ0) is 14.0. The molecule has 2 aromatic rings. The van der Waals surface area contributed by atoms with E-state index in [0.29, 0.717) is 20.6 Å². The summed E-state index contributed by atoms with van der Waals surface area (Å²) in [6.07, 6.45) is 0.113. The molecule has 19 heavy (non-hydrogen) atoms. The lowest BCUT2D eigenvalue weighted by Crippen LogP contribution is -2.04. The molecule has 0 aromatic heterocycles. The van der Waals surface area contributed by atoms with Gasteiger partial charge in [0.25, 0.3) is 0 Å². The second kappa shape index (κ2) is 6.04. The highest BCUT2D eigenvalue weighted by Gasteiger charge is 2.10.